The van der Waals surface area contributed by atoms with E-state index < -0.39 is 0 Å². The first-order valence-corrected chi connectivity index (χ1v) is 11.8. The summed E-state index contributed by atoms with van der Waals surface area (Å²) in [4.78, 5) is 19.3. The predicted octanol–water partition coefficient (Wildman–Crippen LogP) is 5.22. The number of nitriles is 2. The van der Waals surface area contributed by atoms with E-state index in [0.29, 0.717) is 21.2 Å². The number of rotatable bonds is 5. The zero-order valence-electron chi connectivity index (χ0n) is 15.4. The van der Waals surface area contributed by atoms with Crippen LogP contribution in [0, 0.1) is 22.7 Å². The van der Waals surface area contributed by atoms with Crippen LogP contribution in [0.15, 0.2) is 34.7 Å². The largest absolute Gasteiger partial charge is 0.316 e. The molecule has 1 N–H and O–H groups in total. The van der Waals surface area contributed by atoms with Crippen molar-refractivity contribution in [3.63, 3.8) is 0 Å². The highest BCUT2D eigenvalue weighted by atomic mass is 32.2. The van der Waals surface area contributed by atoms with Gasteiger partial charge >= 0.3 is 0 Å². The fourth-order valence-electron chi connectivity index (χ4n) is 3.27. The van der Waals surface area contributed by atoms with Crippen LogP contribution in [0.1, 0.15) is 34.4 Å². The first-order valence-electron chi connectivity index (χ1n) is 9.12. The number of carbonyl (C=O) groups is 1. The summed E-state index contributed by atoms with van der Waals surface area (Å²) >= 11 is 4.33. The molecule has 8 heteroatoms. The van der Waals surface area contributed by atoms with Gasteiger partial charge in [0, 0.05) is 4.88 Å². The molecule has 144 valence electrons. The minimum Gasteiger partial charge on any atom is -0.316 e. The molecule has 3 heterocycles. The molecule has 0 aliphatic heterocycles. The van der Waals surface area contributed by atoms with Crippen molar-refractivity contribution < 1.29 is 4.79 Å². The van der Waals surface area contributed by atoms with Crippen molar-refractivity contribution in [2.45, 2.75) is 30.7 Å². The first-order chi connectivity index (χ1) is 14.2. The van der Waals surface area contributed by atoms with Gasteiger partial charge in [-0.15, -0.1) is 22.7 Å². The molecule has 0 saturated carbocycles. The highest BCUT2D eigenvalue weighted by molar-refractivity contribution is 8.00. The van der Waals surface area contributed by atoms with E-state index >= 15 is 0 Å². The molecular formula is C21H16N4OS3. The molecule has 0 spiro atoms. The number of anilines is 1. The second-order valence-electron chi connectivity index (χ2n) is 6.50. The topological polar surface area (TPSA) is 89.6 Å². The number of thioether (sulfide) groups is 1. The SMILES string of the molecule is N#Cc1ccc(-c2cccs2)nc1SCC(=O)Nc1sc2c(c1C#N)CCCC2. The van der Waals surface area contributed by atoms with Gasteiger partial charge < -0.3 is 5.32 Å². The second-order valence-corrected chi connectivity index (χ2v) is 9.52. The summed E-state index contributed by atoms with van der Waals surface area (Å²) in [5.74, 6) is -0.0689. The second kappa shape index (κ2) is 8.79. The molecule has 0 atom stereocenters. The number of aryl methyl sites for hydroxylation is 1. The third kappa shape index (κ3) is 4.20. The van der Waals surface area contributed by atoms with Gasteiger partial charge in [-0.05, 0) is 54.8 Å². The van der Waals surface area contributed by atoms with Crippen molar-refractivity contribution >= 4 is 45.3 Å². The maximum atomic E-state index is 12.5. The molecule has 0 saturated heterocycles. The van der Waals surface area contributed by atoms with Crippen LogP contribution in [-0.4, -0.2) is 16.6 Å². The Labute approximate surface area is 181 Å². The number of aromatic nitrogens is 1. The fraction of sp³-hybridized carbons (Fsp3) is 0.238. The van der Waals surface area contributed by atoms with E-state index in [4.69, 9.17) is 0 Å². The molecule has 0 aromatic carbocycles. The molecule has 1 amide bonds. The lowest BCUT2D eigenvalue weighted by Gasteiger charge is -2.09. The molecule has 0 unspecified atom stereocenters. The molecule has 29 heavy (non-hydrogen) atoms. The van der Waals surface area contributed by atoms with Crippen molar-refractivity contribution in [3.05, 3.63) is 51.2 Å². The molecule has 0 fully saturated rings. The highest BCUT2D eigenvalue weighted by Gasteiger charge is 2.22. The third-order valence-electron chi connectivity index (χ3n) is 4.63. The summed E-state index contributed by atoms with van der Waals surface area (Å²) in [5.41, 5.74) is 2.95. The fourth-order valence-corrected chi connectivity index (χ4v) is 5.99. The van der Waals surface area contributed by atoms with Gasteiger partial charge in [-0.1, -0.05) is 17.8 Å². The molecule has 3 aromatic heterocycles. The zero-order chi connectivity index (χ0) is 20.2. The molecule has 5 nitrogen and oxygen atoms in total. The van der Waals surface area contributed by atoms with Gasteiger partial charge in [0.05, 0.1) is 27.5 Å². The number of thiophene rings is 2. The van der Waals surface area contributed by atoms with Crippen LogP contribution in [0.4, 0.5) is 5.00 Å². The van der Waals surface area contributed by atoms with Gasteiger partial charge in [0.15, 0.2) is 0 Å². The van der Waals surface area contributed by atoms with Crippen LogP contribution in [-0.2, 0) is 17.6 Å². The van der Waals surface area contributed by atoms with Crippen LogP contribution in [0.2, 0.25) is 0 Å². The summed E-state index contributed by atoms with van der Waals surface area (Å²) in [6.45, 7) is 0. The molecule has 4 rings (SSSR count). The Kier molecular flexibility index (Phi) is 5.96. The number of nitrogens with one attached hydrogen (secondary N) is 1. The third-order valence-corrected chi connectivity index (χ3v) is 7.72. The van der Waals surface area contributed by atoms with Gasteiger partial charge in [0.25, 0.3) is 0 Å². The molecule has 1 aliphatic rings. The maximum absolute atomic E-state index is 12.5. The van der Waals surface area contributed by atoms with Gasteiger partial charge in [-0.25, -0.2) is 4.98 Å². The smallest absolute Gasteiger partial charge is 0.235 e. The monoisotopic (exact) mass is 436 g/mol. The Morgan fingerprint density at radius 2 is 2.07 bits per heavy atom. The molecular weight excluding hydrogens is 420 g/mol. The summed E-state index contributed by atoms with van der Waals surface area (Å²) in [5, 5.41) is 25.0. The number of pyridine rings is 1. The predicted molar refractivity (Wildman–Crippen MR) is 117 cm³/mol. The molecule has 0 bridgehead atoms. The van der Waals surface area contributed by atoms with Crippen molar-refractivity contribution in [1.82, 2.24) is 4.98 Å². The Hall–Kier alpha value is -2.65. The summed E-state index contributed by atoms with van der Waals surface area (Å²) in [6.07, 6.45) is 4.10. The number of carbonyl (C=O) groups excluding carboxylic acids is 1. The van der Waals surface area contributed by atoms with Crippen molar-refractivity contribution in [2.24, 2.45) is 0 Å². The number of hydrogen-bond acceptors (Lipinski definition) is 7. The lowest BCUT2D eigenvalue weighted by Crippen LogP contribution is -2.14. The number of nitrogens with zero attached hydrogens (tertiary/aromatic N) is 3. The van der Waals surface area contributed by atoms with Gasteiger partial charge in [-0.3, -0.25) is 4.79 Å². The summed E-state index contributed by atoms with van der Waals surface area (Å²) in [7, 11) is 0. The minimum atomic E-state index is -0.197. The van der Waals surface area contributed by atoms with E-state index in [1.807, 2.05) is 23.6 Å². The van der Waals surface area contributed by atoms with Crippen LogP contribution < -0.4 is 5.32 Å². The van der Waals surface area contributed by atoms with Crippen molar-refractivity contribution in [3.8, 4) is 22.7 Å². The van der Waals surface area contributed by atoms with Crippen LogP contribution in [0.5, 0.6) is 0 Å². The van der Waals surface area contributed by atoms with Crippen LogP contribution in [0.3, 0.4) is 0 Å². The summed E-state index contributed by atoms with van der Waals surface area (Å²) in [6, 6.07) is 11.9. The molecule has 1 aliphatic carbocycles. The van der Waals surface area contributed by atoms with E-state index in [2.05, 4.69) is 22.4 Å². The average Bonchev–Trinajstić information content (AvgIpc) is 3.39. The quantitative estimate of drug-likeness (QED) is 0.554. The average molecular weight is 437 g/mol. The normalized spacial score (nSPS) is 12.6. The number of amides is 1. The van der Waals surface area contributed by atoms with Gasteiger partial charge in [0.1, 0.15) is 22.2 Å². The van der Waals surface area contributed by atoms with E-state index in [9.17, 15) is 15.3 Å². The maximum Gasteiger partial charge on any atom is 0.235 e. The Morgan fingerprint density at radius 1 is 1.21 bits per heavy atom. The van der Waals surface area contributed by atoms with E-state index in [0.717, 1.165) is 41.8 Å². The van der Waals surface area contributed by atoms with Crippen molar-refractivity contribution in [1.29, 1.82) is 10.5 Å². The number of fused-ring (bicyclic) bond motifs is 1. The van der Waals surface area contributed by atoms with Crippen LogP contribution in [0.25, 0.3) is 10.6 Å². The van der Waals surface area contributed by atoms with Gasteiger partial charge in [0.2, 0.25) is 5.91 Å². The number of hydrogen-bond donors (Lipinski definition) is 1. The van der Waals surface area contributed by atoms with Gasteiger partial charge in [-0.2, -0.15) is 10.5 Å². The highest BCUT2D eigenvalue weighted by Crippen LogP contribution is 2.37. The Balaban J connectivity index is 1.48. The minimum absolute atomic E-state index is 0.128. The first kappa shape index (κ1) is 19.7. The Morgan fingerprint density at radius 3 is 2.83 bits per heavy atom. The Bertz CT molecular complexity index is 1140. The molecule has 3 aromatic rings. The standard InChI is InChI=1S/C21H16N4OS3/c22-10-13-7-8-16(18-6-3-9-27-18)24-20(13)28-12-19(26)25-21-15(11-23)14-4-1-2-5-17(14)29-21/h3,6-9H,1-2,4-5,12H2,(H,25,26). The van der Waals surface area contributed by atoms with E-state index in [-0.39, 0.29) is 11.7 Å². The van der Waals surface area contributed by atoms with Crippen LogP contribution >= 0.6 is 34.4 Å². The summed E-state index contributed by atoms with van der Waals surface area (Å²) < 4.78 is 0. The van der Waals surface area contributed by atoms with E-state index in [1.165, 1.54) is 28.0 Å². The van der Waals surface area contributed by atoms with E-state index in [1.54, 1.807) is 17.4 Å². The van der Waals surface area contributed by atoms with Crippen molar-refractivity contribution in [2.75, 3.05) is 11.1 Å². The molecule has 0 radical (unpaired) electrons. The lowest BCUT2D eigenvalue weighted by molar-refractivity contribution is -0.113. The lowest BCUT2D eigenvalue weighted by atomic mass is 9.96. The zero-order valence-corrected chi connectivity index (χ0v) is 17.8.